The highest BCUT2D eigenvalue weighted by atomic mass is 35.5. The number of amides is 1. The lowest BCUT2D eigenvalue weighted by atomic mass is 10.2. The van der Waals surface area contributed by atoms with Crippen LogP contribution in [-0.4, -0.2) is 40.8 Å². The van der Waals surface area contributed by atoms with Crippen molar-refractivity contribution < 1.29 is 9.53 Å². The summed E-state index contributed by atoms with van der Waals surface area (Å²) in [5, 5.41) is 11.5. The van der Waals surface area contributed by atoms with Crippen LogP contribution in [0.25, 0.3) is 5.65 Å². The summed E-state index contributed by atoms with van der Waals surface area (Å²) in [6.07, 6.45) is 0. The molecule has 1 amide bonds. The number of benzene rings is 1. The molecule has 0 saturated carbocycles. The molecule has 142 valence electrons. The van der Waals surface area contributed by atoms with E-state index in [9.17, 15) is 4.79 Å². The molecule has 9 heteroatoms. The molecule has 0 aliphatic heterocycles. The second-order valence-corrected chi connectivity index (χ2v) is 6.70. The average Bonchev–Trinajstić information content (AvgIpc) is 2.98. The first-order valence-corrected chi connectivity index (χ1v) is 9.06. The Morgan fingerprint density at radius 3 is 2.78 bits per heavy atom. The quantitative estimate of drug-likeness (QED) is 0.587. The van der Waals surface area contributed by atoms with E-state index in [1.54, 1.807) is 26.2 Å². The molecular formula is C18H19Cl2N5O2. The maximum atomic E-state index is 12.5. The van der Waals surface area contributed by atoms with Gasteiger partial charge >= 0.3 is 0 Å². The number of aromatic nitrogens is 3. The number of carbonyl (C=O) groups excluding carboxylic acids is 1. The third kappa shape index (κ3) is 4.50. The number of aryl methyl sites for hydroxylation is 1. The number of anilines is 1. The molecule has 7 nitrogen and oxygen atoms in total. The van der Waals surface area contributed by atoms with E-state index in [2.05, 4.69) is 20.7 Å². The molecule has 3 rings (SSSR count). The first-order valence-electron chi connectivity index (χ1n) is 8.31. The molecule has 27 heavy (non-hydrogen) atoms. The van der Waals surface area contributed by atoms with E-state index in [1.165, 1.54) is 4.52 Å². The van der Waals surface area contributed by atoms with Gasteiger partial charge in [-0.15, -0.1) is 5.10 Å². The van der Waals surface area contributed by atoms with E-state index in [0.717, 1.165) is 5.56 Å². The van der Waals surface area contributed by atoms with Gasteiger partial charge < -0.3 is 15.4 Å². The van der Waals surface area contributed by atoms with Gasteiger partial charge in [0.15, 0.2) is 11.3 Å². The summed E-state index contributed by atoms with van der Waals surface area (Å²) in [7, 11) is 1.58. The molecule has 0 saturated heterocycles. The summed E-state index contributed by atoms with van der Waals surface area (Å²) >= 11 is 12.0. The van der Waals surface area contributed by atoms with E-state index in [-0.39, 0.29) is 5.91 Å². The summed E-state index contributed by atoms with van der Waals surface area (Å²) in [5.74, 6) is 0.364. The lowest BCUT2D eigenvalue weighted by Gasteiger charge is -2.08. The number of hydrogen-bond donors (Lipinski definition) is 2. The Bertz CT molecular complexity index is 974. The maximum Gasteiger partial charge on any atom is 0.272 e. The Morgan fingerprint density at radius 2 is 2.04 bits per heavy atom. The zero-order chi connectivity index (χ0) is 19.4. The third-order valence-electron chi connectivity index (χ3n) is 3.92. The zero-order valence-corrected chi connectivity index (χ0v) is 16.4. The van der Waals surface area contributed by atoms with E-state index < -0.39 is 0 Å². The second kappa shape index (κ2) is 8.56. The van der Waals surface area contributed by atoms with Gasteiger partial charge in [-0.3, -0.25) is 4.79 Å². The molecule has 0 radical (unpaired) electrons. The van der Waals surface area contributed by atoms with Gasteiger partial charge in [-0.05, 0) is 36.8 Å². The average molecular weight is 408 g/mol. The molecule has 1 aromatic carbocycles. The summed E-state index contributed by atoms with van der Waals surface area (Å²) < 4.78 is 6.49. The highest BCUT2D eigenvalue weighted by Gasteiger charge is 2.17. The van der Waals surface area contributed by atoms with Crippen LogP contribution in [0.15, 0.2) is 30.3 Å². The molecule has 0 bridgehead atoms. The monoisotopic (exact) mass is 407 g/mol. The summed E-state index contributed by atoms with van der Waals surface area (Å²) in [5.41, 5.74) is 2.58. The van der Waals surface area contributed by atoms with Crippen molar-refractivity contribution in [3.8, 4) is 0 Å². The Balaban J connectivity index is 1.80. The predicted molar refractivity (Wildman–Crippen MR) is 106 cm³/mol. The number of methoxy groups -OCH3 is 1. The van der Waals surface area contributed by atoms with Crippen molar-refractivity contribution in [2.24, 2.45) is 0 Å². The minimum atomic E-state index is -0.244. The van der Waals surface area contributed by atoms with Gasteiger partial charge in [-0.25, -0.2) is 9.50 Å². The van der Waals surface area contributed by atoms with Crippen molar-refractivity contribution in [1.82, 2.24) is 19.9 Å². The fraction of sp³-hybridized carbons (Fsp3) is 0.278. The normalized spacial score (nSPS) is 11.0. The lowest BCUT2D eigenvalue weighted by Crippen LogP contribution is -2.29. The lowest BCUT2D eigenvalue weighted by molar-refractivity contribution is 0.0929. The van der Waals surface area contributed by atoms with Crippen LogP contribution in [0.1, 0.15) is 21.7 Å². The number of ether oxygens (including phenoxy) is 1. The van der Waals surface area contributed by atoms with E-state index in [4.69, 9.17) is 27.9 Å². The van der Waals surface area contributed by atoms with Crippen LogP contribution in [0.4, 0.5) is 5.82 Å². The molecule has 0 atom stereocenters. The number of halogens is 2. The molecule has 3 aromatic rings. The number of rotatable bonds is 7. The van der Waals surface area contributed by atoms with Gasteiger partial charge in [0.25, 0.3) is 5.91 Å². The molecule has 0 aliphatic carbocycles. The number of nitrogens with zero attached hydrogens (tertiary/aromatic N) is 3. The Labute approximate surface area is 166 Å². The van der Waals surface area contributed by atoms with Gasteiger partial charge in [-0.2, -0.15) is 0 Å². The number of imidazole rings is 1. The molecular weight excluding hydrogens is 389 g/mol. The molecule has 2 heterocycles. The maximum absolute atomic E-state index is 12.5. The second-order valence-electron chi connectivity index (χ2n) is 5.89. The van der Waals surface area contributed by atoms with Crippen molar-refractivity contribution >= 4 is 40.6 Å². The number of hydrogen-bond acceptors (Lipinski definition) is 5. The first-order chi connectivity index (χ1) is 13.0. The fourth-order valence-electron chi connectivity index (χ4n) is 2.59. The molecule has 0 spiro atoms. The minimum absolute atomic E-state index is 0.244. The Morgan fingerprint density at radius 1 is 1.22 bits per heavy atom. The Kier molecular flexibility index (Phi) is 6.15. The highest BCUT2D eigenvalue weighted by molar-refractivity contribution is 6.42. The molecule has 2 N–H and O–H groups in total. The van der Waals surface area contributed by atoms with Gasteiger partial charge in [0, 0.05) is 20.2 Å². The van der Waals surface area contributed by atoms with Gasteiger partial charge in [0.05, 0.1) is 22.3 Å². The van der Waals surface area contributed by atoms with Gasteiger partial charge in [0.1, 0.15) is 5.82 Å². The smallest absolute Gasteiger partial charge is 0.272 e. The summed E-state index contributed by atoms with van der Waals surface area (Å²) in [4.78, 5) is 16.9. The van der Waals surface area contributed by atoms with Crippen LogP contribution >= 0.6 is 23.2 Å². The van der Waals surface area contributed by atoms with Crippen LogP contribution in [0.2, 0.25) is 10.0 Å². The number of nitrogens with one attached hydrogen (secondary N) is 2. The zero-order valence-electron chi connectivity index (χ0n) is 14.9. The molecule has 0 aliphatic rings. The van der Waals surface area contributed by atoms with Crippen molar-refractivity contribution in [2.75, 3.05) is 25.6 Å². The van der Waals surface area contributed by atoms with Crippen LogP contribution in [0, 0.1) is 6.92 Å². The fourth-order valence-corrected chi connectivity index (χ4v) is 2.91. The van der Waals surface area contributed by atoms with Crippen LogP contribution in [0.5, 0.6) is 0 Å². The van der Waals surface area contributed by atoms with Crippen LogP contribution < -0.4 is 10.6 Å². The molecule has 0 fully saturated rings. The standard InChI is InChI=1S/C18H19Cl2N5O2/c1-11-17(18(26)21-7-8-27-2)25-16(23-11)6-5-15(24-25)22-10-12-3-4-13(19)14(20)9-12/h3-6,9H,7-8,10H2,1-2H3,(H,21,26)(H,22,24). The van der Waals surface area contributed by atoms with Crippen LogP contribution in [0.3, 0.4) is 0 Å². The van der Waals surface area contributed by atoms with Gasteiger partial charge in [-0.1, -0.05) is 29.3 Å². The molecule has 0 unspecified atom stereocenters. The van der Waals surface area contributed by atoms with Crippen molar-refractivity contribution in [2.45, 2.75) is 13.5 Å². The minimum Gasteiger partial charge on any atom is -0.383 e. The van der Waals surface area contributed by atoms with Crippen molar-refractivity contribution in [3.05, 3.63) is 57.3 Å². The third-order valence-corrected chi connectivity index (χ3v) is 4.66. The largest absolute Gasteiger partial charge is 0.383 e. The van der Waals surface area contributed by atoms with Crippen molar-refractivity contribution in [3.63, 3.8) is 0 Å². The van der Waals surface area contributed by atoms with E-state index in [0.29, 0.717) is 52.6 Å². The predicted octanol–water partition coefficient (Wildman–Crippen LogP) is 3.33. The topological polar surface area (TPSA) is 80.5 Å². The van der Waals surface area contributed by atoms with E-state index in [1.807, 2.05) is 18.2 Å². The van der Waals surface area contributed by atoms with Gasteiger partial charge in [0.2, 0.25) is 0 Å². The van der Waals surface area contributed by atoms with E-state index >= 15 is 0 Å². The number of carbonyl (C=O) groups is 1. The summed E-state index contributed by atoms with van der Waals surface area (Å²) in [6.45, 7) is 3.14. The molecule has 2 aromatic heterocycles. The first kappa shape index (κ1) is 19.4. The SMILES string of the molecule is COCCNC(=O)c1c(C)nc2ccc(NCc3ccc(Cl)c(Cl)c3)nn12. The Hall–Kier alpha value is -2.35. The van der Waals surface area contributed by atoms with Crippen LogP contribution in [-0.2, 0) is 11.3 Å². The summed E-state index contributed by atoms with van der Waals surface area (Å²) in [6, 6.07) is 9.05. The van der Waals surface area contributed by atoms with Crippen molar-refractivity contribution in [1.29, 1.82) is 0 Å². The highest BCUT2D eigenvalue weighted by Crippen LogP contribution is 2.23. The number of fused-ring (bicyclic) bond motifs is 1.